The maximum absolute atomic E-state index is 14.0. The average molecular weight is 632 g/mol. The van der Waals surface area contributed by atoms with E-state index >= 15 is 0 Å². The highest BCUT2D eigenvalue weighted by atomic mass is 79.9. The third kappa shape index (κ3) is 5.16. The smallest absolute Gasteiger partial charge is 0.420 e. The summed E-state index contributed by atoms with van der Waals surface area (Å²) in [7, 11) is -1.13. The Kier molecular flexibility index (Phi) is 7.47. The molecule has 0 saturated carbocycles. The normalized spacial score (nSPS) is 12.4. The first kappa shape index (κ1) is 26.9. The van der Waals surface area contributed by atoms with Crippen molar-refractivity contribution < 1.29 is 22.3 Å². The zero-order valence-corrected chi connectivity index (χ0v) is 24.3. The lowest BCUT2D eigenvalue weighted by atomic mass is 10.1. The molecular formula is C26H23BrN4O6S2. The quantitative estimate of drug-likeness (QED) is 0.217. The number of rotatable bonds is 9. The molecule has 5 aromatic rings. The minimum Gasteiger partial charge on any atom is -0.497 e. The third-order valence-electron chi connectivity index (χ3n) is 6.26. The molecule has 0 radical (unpaired) electrons. The van der Waals surface area contributed by atoms with Crippen LogP contribution in [0, 0.1) is 0 Å². The number of aromatic nitrogens is 3. The molecule has 0 bridgehead atoms. The van der Waals surface area contributed by atoms with Crippen molar-refractivity contribution in [2.75, 3.05) is 18.5 Å². The summed E-state index contributed by atoms with van der Waals surface area (Å²) in [5, 5.41) is 0.176. The molecule has 13 heteroatoms. The van der Waals surface area contributed by atoms with Gasteiger partial charge in [0, 0.05) is 33.7 Å². The highest BCUT2D eigenvalue weighted by molar-refractivity contribution is 9.10. The van der Waals surface area contributed by atoms with Crippen molar-refractivity contribution in [1.82, 2.24) is 13.9 Å². The topological polar surface area (TPSA) is 117 Å². The van der Waals surface area contributed by atoms with Gasteiger partial charge in [0.05, 0.1) is 37.2 Å². The predicted octanol–water partition coefficient (Wildman–Crippen LogP) is 5.23. The Morgan fingerprint density at radius 1 is 1.10 bits per heavy atom. The Morgan fingerprint density at radius 2 is 1.92 bits per heavy atom. The van der Waals surface area contributed by atoms with E-state index in [0.29, 0.717) is 22.6 Å². The summed E-state index contributed by atoms with van der Waals surface area (Å²) in [5.74, 6) is 0.443. The van der Waals surface area contributed by atoms with E-state index in [0.717, 1.165) is 25.9 Å². The molecule has 1 unspecified atom stereocenters. The number of fused-ring (bicyclic) bond motifs is 1. The van der Waals surface area contributed by atoms with E-state index in [1.165, 1.54) is 37.2 Å². The Hall–Kier alpha value is -3.68. The molecule has 5 rings (SSSR count). The zero-order valence-electron chi connectivity index (χ0n) is 21.1. The summed E-state index contributed by atoms with van der Waals surface area (Å²) in [6.07, 6.45) is 1.29. The van der Waals surface area contributed by atoms with Crippen LogP contribution in [-0.2, 0) is 16.6 Å². The number of anilines is 1. The fourth-order valence-corrected chi connectivity index (χ4v) is 6.82. The maximum atomic E-state index is 14.0. The highest BCUT2D eigenvalue weighted by Gasteiger charge is 2.30. The number of hydrogen-bond acceptors (Lipinski definition) is 9. The highest BCUT2D eigenvalue weighted by Crippen LogP contribution is 2.33. The molecule has 2 aromatic heterocycles. The van der Waals surface area contributed by atoms with Gasteiger partial charge in [-0.25, -0.2) is 22.5 Å². The molecule has 0 spiro atoms. The van der Waals surface area contributed by atoms with E-state index in [2.05, 4.69) is 25.3 Å². The molecule has 0 aliphatic heterocycles. The van der Waals surface area contributed by atoms with E-state index in [4.69, 9.17) is 13.9 Å². The van der Waals surface area contributed by atoms with Gasteiger partial charge in [0.1, 0.15) is 17.8 Å². The number of sulfonamides is 1. The van der Waals surface area contributed by atoms with Crippen molar-refractivity contribution in [3.8, 4) is 11.5 Å². The van der Waals surface area contributed by atoms with Gasteiger partial charge in [0.2, 0.25) is 5.13 Å². The molecule has 0 N–H and O–H groups in total. The molecule has 0 fully saturated rings. The van der Waals surface area contributed by atoms with Crippen LogP contribution < -0.4 is 19.5 Å². The summed E-state index contributed by atoms with van der Waals surface area (Å²) >= 11 is 4.40. The van der Waals surface area contributed by atoms with Crippen molar-refractivity contribution in [3.05, 3.63) is 93.1 Å². The van der Waals surface area contributed by atoms with Crippen molar-refractivity contribution in [3.63, 3.8) is 0 Å². The predicted molar refractivity (Wildman–Crippen MR) is 151 cm³/mol. The average Bonchev–Trinajstić information content (AvgIpc) is 3.58. The van der Waals surface area contributed by atoms with Gasteiger partial charge in [-0.3, -0.25) is 4.57 Å². The number of methoxy groups -OCH3 is 2. The van der Waals surface area contributed by atoms with E-state index in [1.807, 2.05) is 31.2 Å². The van der Waals surface area contributed by atoms with E-state index in [9.17, 15) is 13.2 Å². The molecule has 2 heterocycles. The largest absolute Gasteiger partial charge is 0.497 e. The molecule has 1 atom stereocenters. The summed E-state index contributed by atoms with van der Waals surface area (Å²) in [6, 6.07) is 16.8. The number of oxazole rings is 1. The standard InChI is InChI=1S/C26H23BrN4O6S2/c1-16(17-5-4-6-19(27)11-17)31-22-10-9-21(13-24(22)37-26(31)32)39(33,34)30(25-28-15-29-38-25)14-18-7-8-20(35-2)12-23(18)36-3/h4-13,15-16H,14H2,1-3H3. The molecule has 3 aromatic carbocycles. The Morgan fingerprint density at radius 3 is 2.62 bits per heavy atom. The molecule has 39 heavy (non-hydrogen) atoms. The van der Waals surface area contributed by atoms with Gasteiger partial charge >= 0.3 is 5.76 Å². The number of nitrogens with zero attached hydrogens (tertiary/aromatic N) is 4. The first-order valence-electron chi connectivity index (χ1n) is 11.6. The van der Waals surface area contributed by atoms with Gasteiger partial charge in [-0.15, -0.1) is 0 Å². The SMILES string of the molecule is COc1ccc(CN(c2ncns2)S(=O)(=O)c2ccc3c(c2)oc(=O)n3C(C)c2cccc(Br)c2)c(OC)c1. The maximum Gasteiger partial charge on any atom is 0.420 e. The zero-order chi connectivity index (χ0) is 27.7. The number of ether oxygens (including phenoxy) is 2. The second-order valence-electron chi connectivity index (χ2n) is 8.51. The molecule has 10 nitrogen and oxygen atoms in total. The molecule has 0 saturated heterocycles. The van der Waals surface area contributed by atoms with Gasteiger partial charge in [0.25, 0.3) is 10.0 Å². The van der Waals surface area contributed by atoms with Crippen LogP contribution in [0.25, 0.3) is 11.1 Å². The number of hydrogen-bond donors (Lipinski definition) is 0. The fraction of sp³-hybridized carbons (Fsp3) is 0.192. The summed E-state index contributed by atoms with van der Waals surface area (Å²) in [4.78, 5) is 17.0. The lowest BCUT2D eigenvalue weighted by Gasteiger charge is -2.22. The minimum atomic E-state index is -4.16. The van der Waals surface area contributed by atoms with Crippen molar-refractivity contribution >= 4 is 53.7 Å². The number of benzene rings is 3. The van der Waals surface area contributed by atoms with Gasteiger partial charge in [-0.1, -0.05) is 28.1 Å². The first-order chi connectivity index (χ1) is 18.7. The molecule has 0 aliphatic carbocycles. The fourth-order valence-electron chi connectivity index (χ4n) is 4.26. The summed E-state index contributed by atoms with van der Waals surface area (Å²) < 4.78 is 51.7. The second-order valence-corrected chi connectivity index (χ2v) is 12.0. The van der Waals surface area contributed by atoms with Crippen LogP contribution in [0.2, 0.25) is 0 Å². The van der Waals surface area contributed by atoms with E-state index < -0.39 is 15.8 Å². The van der Waals surface area contributed by atoms with Crippen LogP contribution in [0.1, 0.15) is 24.1 Å². The van der Waals surface area contributed by atoms with Crippen LogP contribution in [0.5, 0.6) is 11.5 Å². The van der Waals surface area contributed by atoms with Gasteiger partial charge < -0.3 is 13.9 Å². The Bertz CT molecular complexity index is 1800. The summed E-state index contributed by atoms with van der Waals surface area (Å²) in [6.45, 7) is 1.80. The van der Waals surface area contributed by atoms with Crippen LogP contribution in [-0.4, -0.2) is 36.6 Å². The van der Waals surface area contributed by atoms with E-state index in [1.54, 1.807) is 24.3 Å². The molecule has 0 aliphatic rings. The Balaban J connectivity index is 1.56. The van der Waals surface area contributed by atoms with Gasteiger partial charge in [0.15, 0.2) is 5.58 Å². The van der Waals surface area contributed by atoms with Crippen LogP contribution in [0.15, 0.2) is 85.6 Å². The minimum absolute atomic E-state index is 0.0614. The van der Waals surface area contributed by atoms with Gasteiger partial charge in [-0.05, 0) is 48.9 Å². The van der Waals surface area contributed by atoms with Crippen LogP contribution >= 0.6 is 27.5 Å². The molecule has 0 amide bonds. The van der Waals surface area contributed by atoms with Crippen molar-refractivity contribution in [2.24, 2.45) is 0 Å². The van der Waals surface area contributed by atoms with Crippen molar-refractivity contribution in [1.29, 1.82) is 0 Å². The monoisotopic (exact) mass is 630 g/mol. The van der Waals surface area contributed by atoms with Crippen LogP contribution in [0.4, 0.5) is 5.13 Å². The molecule has 202 valence electrons. The van der Waals surface area contributed by atoms with Crippen molar-refractivity contribution in [2.45, 2.75) is 24.4 Å². The van der Waals surface area contributed by atoms with E-state index in [-0.39, 0.29) is 28.2 Å². The van der Waals surface area contributed by atoms with Gasteiger partial charge in [-0.2, -0.15) is 4.37 Å². The third-order valence-corrected chi connectivity index (χ3v) is 9.29. The van der Waals surface area contributed by atoms with Crippen LogP contribution in [0.3, 0.4) is 0 Å². The number of halogens is 1. The Labute approximate surface area is 236 Å². The molecular weight excluding hydrogens is 608 g/mol. The lowest BCUT2D eigenvalue weighted by Crippen LogP contribution is -2.30. The lowest BCUT2D eigenvalue weighted by molar-refractivity contribution is 0.391. The first-order valence-corrected chi connectivity index (χ1v) is 14.6. The second kappa shape index (κ2) is 10.8. The summed E-state index contributed by atoms with van der Waals surface area (Å²) in [5.41, 5.74) is 2.12.